The van der Waals surface area contributed by atoms with Crippen molar-refractivity contribution in [3.05, 3.63) is 93.5 Å². The Morgan fingerprint density at radius 1 is 1.07 bits per heavy atom. The number of carbonyl (C=O) groups excluding carboxylic acids is 1. The Morgan fingerprint density at radius 3 is 2.62 bits per heavy atom. The SMILES string of the molecule is Cc1ccc(C(=O)N(/N=C/c2ccccc2)c2nc3ccc(Br)cc3s2)c(C)c1. The van der Waals surface area contributed by atoms with Crippen LogP contribution in [0.25, 0.3) is 10.2 Å². The lowest BCUT2D eigenvalue weighted by atomic mass is 10.1. The number of hydrazone groups is 1. The molecule has 0 radical (unpaired) electrons. The number of aryl methyl sites for hydroxylation is 2. The molecule has 3 aromatic carbocycles. The third-order valence-electron chi connectivity index (χ3n) is 4.45. The fraction of sp³-hybridized carbons (Fsp3) is 0.0870. The van der Waals surface area contributed by atoms with E-state index in [-0.39, 0.29) is 5.91 Å². The molecule has 4 rings (SSSR count). The molecule has 0 atom stereocenters. The fourth-order valence-electron chi connectivity index (χ4n) is 3.00. The minimum absolute atomic E-state index is 0.201. The fourth-order valence-corrected chi connectivity index (χ4v) is 4.47. The second kappa shape index (κ2) is 8.27. The highest BCUT2D eigenvalue weighted by Gasteiger charge is 2.22. The standard InChI is InChI=1S/C23H18BrN3OS/c1-15-8-10-19(16(2)12-15)22(28)27(25-14-17-6-4-3-5-7-17)23-26-20-11-9-18(24)13-21(20)29-23/h3-14H,1-2H3/b25-14+. The number of aromatic nitrogens is 1. The lowest BCUT2D eigenvalue weighted by Crippen LogP contribution is -2.26. The molecule has 0 fully saturated rings. The molecule has 0 N–H and O–H groups in total. The van der Waals surface area contributed by atoms with Crippen LogP contribution in [0.15, 0.2) is 76.3 Å². The van der Waals surface area contributed by atoms with Gasteiger partial charge in [0.2, 0.25) is 5.13 Å². The third-order valence-corrected chi connectivity index (χ3v) is 5.93. The van der Waals surface area contributed by atoms with Gasteiger partial charge in [-0.1, -0.05) is 75.3 Å². The molecule has 4 aromatic rings. The van der Waals surface area contributed by atoms with Crippen molar-refractivity contribution in [2.24, 2.45) is 5.10 Å². The average Bonchev–Trinajstić information content (AvgIpc) is 3.11. The Bertz CT molecular complexity index is 1220. The quantitative estimate of drug-likeness (QED) is 0.261. The Labute approximate surface area is 181 Å². The van der Waals surface area contributed by atoms with E-state index in [2.05, 4.69) is 26.0 Å². The van der Waals surface area contributed by atoms with Crippen LogP contribution in [-0.4, -0.2) is 17.1 Å². The van der Waals surface area contributed by atoms with Crippen LogP contribution in [0.1, 0.15) is 27.0 Å². The summed E-state index contributed by atoms with van der Waals surface area (Å²) in [5.74, 6) is -0.201. The van der Waals surface area contributed by atoms with Crippen molar-refractivity contribution >= 4 is 54.7 Å². The summed E-state index contributed by atoms with van der Waals surface area (Å²) in [5.41, 5.74) is 4.39. The topological polar surface area (TPSA) is 45.6 Å². The molecule has 0 aliphatic rings. The van der Waals surface area contributed by atoms with Gasteiger partial charge in [-0.3, -0.25) is 4.79 Å². The largest absolute Gasteiger partial charge is 0.281 e. The monoisotopic (exact) mass is 463 g/mol. The zero-order valence-corrected chi connectivity index (χ0v) is 18.4. The van der Waals surface area contributed by atoms with Gasteiger partial charge in [0, 0.05) is 10.0 Å². The molecular formula is C23H18BrN3OS. The van der Waals surface area contributed by atoms with Crippen molar-refractivity contribution in [1.82, 2.24) is 4.98 Å². The van der Waals surface area contributed by atoms with Gasteiger partial charge in [0.05, 0.1) is 16.4 Å². The third kappa shape index (κ3) is 4.28. The highest BCUT2D eigenvalue weighted by Crippen LogP contribution is 2.32. The summed E-state index contributed by atoms with van der Waals surface area (Å²) in [4.78, 5) is 18.1. The van der Waals surface area contributed by atoms with Crippen molar-refractivity contribution in [2.75, 3.05) is 5.01 Å². The summed E-state index contributed by atoms with van der Waals surface area (Å²) in [6.45, 7) is 3.95. The van der Waals surface area contributed by atoms with Crippen LogP contribution in [0.3, 0.4) is 0 Å². The summed E-state index contributed by atoms with van der Waals surface area (Å²) in [6.07, 6.45) is 1.68. The number of nitrogens with zero attached hydrogens (tertiary/aromatic N) is 3. The molecule has 6 heteroatoms. The van der Waals surface area contributed by atoms with E-state index in [0.29, 0.717) is 10.7 Å². The van der Waals surface area contributed by atoms with Crippen LogP contribution in [-0.2, 0) is 0 Å². The van der Waals surface area contributed by atoms with E-state index in [1.165, 1.54) is 16.3 Å². The van der Waals surface area contributed by atoms with Gasteiger partial charge in [0.1, 0.15) is 0 Å². The molecule has 0 bridgehead atoms. The van der Waals surface area contributed by atoms with E-state index in [9.17, 15) is 4.79 Å². The molecular weight excluding hydrogens is 446 g/mol. The maximum Gasteiger partial charge on any atom is 0.281 e. The second-order valence-corrected chi connectivity index (χ2v) is 8.62. The summed E-state index contributed by atoms with van der Waals surface area (Å²) in [6, 6.07) is 21.4. The highest BCUT2D eigenvalue weighted by molar-refractivity contribution is 9.10. The number of benzene rings is 3. The maximum atomic E-state index is 13.4. The number of anilines is 1. The van der Waals surface area contributed by atoms with Gasteiger partial charge in [0.15, 0.2) is 0 Å². The first-order valence-electron chi connectivity index (χ1n) is 9.08. The van der Waals surface area contributed by atoms with E-state index in [4.69, 9.17) is 0 Å². The average molecular weight is 464 g/mol. The van der Waals surface area contributed by atoms with Crippen LogP contribution in [0, 0.1) is 13.8 Å². The molecule has 0 aliphatic heterocycles. The van der Waals surface area contributed by atoms with Crippen LogP contribution < -0.4 is 5.01 Å². The summed E-state index contributed by atoms with van der Waals surface area (Å²) in [7, 11) is 0. The van der Waals surface area contributed by atoms with Crippen LogP contribution >= 0.6 is 27.3 Å². The number of amides is 1. The number of hydrogen-bond acceptors (Lipinski definition) is 4. The van der Waals surface area contributed by atoms with Crippen molar-refractivity contribution in [3.63, 3.8) is 0 Å². The first-order chi connectivity index (χ1) is 14.0. The summed E-state index contributed by atoms with van der Waals surface area (Å²) in [5, 5.41) is 6.45. The van der Waals surface area contributed by atoms with E-state index in [1.54, 1.807) is 6.21 Å². The Balaban J connectivity index is 1.79. The van der Waals surface area contributed by atoms with Crippen LogP contribution in [0.4, 0.5) is 5.13 Å². The van der Waals surface area contributed by atoms with Crippen molar-refractivity contribution in [1.29, 1.82) is 0 Å². The molecule has 29 heavy (non-hydrogen) atoms. The van der Waals surface area contributed by atoms with Crippen LogP contribution in [0.2, 0.25) is 0 Å². The van der Waals surface area contributed by atoms with Gasteiger partial charge in [-0.25, -0.2) is 4.98 Å². The number of halogens is 1. The maximum absolute atomic E-state index is 13.4. The molecule has 1 heterocycles. The van der Waals surface area contributed by atoms with Gasteiger partial charge in [-0.2, -0.15) is 10.1 Å². The van der Waals surface area contributed by atoms with Gasteiger partial charge >= 0.3 is 0 Å². The molecule has 4 nitrogen and oxygen atoms in total. The lowest BCUT2D eigenvalue weighted by Gasteiger charge is -2.15. The summed E-state index contributed by atoms with van der Waals surface area (Å²) < 4.78 is 1.96. The molecule has 144 valence electrons. The van der Waals surface area contributed by atoms with E-state index >= 15 is 0 Å². The first-order valence-corrected chi connectivity index (χ1v) is 10.7. The molecule has 0 saturated carbocycles. The number of hydrogen-bond donors (Lipinski definition) is 0. The Hall–Kier alpha value is -2.83. The van der Waals surface area contributed by atoms with Crippen molar-refractivity contribution in [3.8, 4) is 0 Å². The normalized spacial score (nSPS) is 11.3. The number of carbonyl (C=O) groups is 1. The minimum Gasteiger partial charge on any atom is -0.267 e. The van der Waals surface area contributed by atoms with Gasteiger partial charge in [-0.15, -0.1) is 0 Å². The molecule has 1 aromatic heterocycles. The van der Waals surface area contributed by atoms with Gasteiger partial charge in [0.25, 0.3) is 5.91 Å². The number of rotatable bonds is 4. The zero-order chi connectivity index (χ0) is 20.4. The van der Waals surface area contributed by atoms with E-state index in [0.717, 1.165) is 31.4 Å². The molecule has 1 amide bonds. The predicted octanol–water partition coefficient (Wildman–Crippen LogP) is 6.36. The smallest absolute Gasteiger partial charge is 0.267 e. The van der Waals surface area contributed by atoms with Crippen LogP contribution in [0.5, 0.6) is 0 Å². The highest BCUT2D eigenvalue weighted by atomic mass is 79.9. The van der Waals surface area contributed by atoms with Crippen molar-refractivity contribution in [2.45, 2.75) is 13.8 Å². The first kappa shape index (κ1) is 19.5. The van der Waals surface area contributed by atoms with E-state index < -0.39 is 0 Å². The molecule has 0 aliphatic carbocycles. The second-order valence-electron chi connectivity index (χ2n) is 6.70. The number of fused-ring (bicyclic) bond motifs is 1. The van der Waals surface area contributed by atoms with E-state index in [1.807, 2.05) is 80.6 Å². The molecule has 0 unspecified atom stereocenters. The molecule has 0 saturated heterocycles. The Morgan fingerprint density at radius 2 is 1.86 bits per heavy atom. The predicted molar refractivity (Wildman–Crippen MR) is 124 cm³/mol. The Kier molecular flexibility index (Phi) is 5.56. The molecule has 0 spiro atoms. The van der Waals surface area contributed by atoms with Crippen molar-refractivity contribution < 1.29 is 4.79 Å². The lowest BCUT2D eigenvalue weighted by molar-refractivity contribution is 0.0987. The van der Waals surface area contributed by atoms with Gasteiger partial charge in [-0.05, 0) is 49.2 Å². The summed E-state index contributed by atoms with van der Waals surface area (Å²) >= 11 is 4.93. The van der Waals surface area contributed by atoms with Gasteiger partial charge < -0.3 is 0 Å². The number of thiazole rings is 1. The zero-order valence-electron chi connectivity index (χ0n) is 16.0. The minimum atomic E-state index is -0.201.